The van der Waals surface area contributed by atoms with Crippen LogP contribution in [-0.2, 0) is 4.79 Å². The Hall–Kier alpha value is -2.74. The van der Waals surface area contributed by atoms with E-state index in [0.29, 0.717) is 6.54 Å². The van der Waals surface area contributed by atoms with Crippen LogP contribution in [0.4, 0.5) is 5.82 Å². The molecule has 1 saturated carbocycles. The number of nitrogens with one attached hydrogen (secondary N) is 1. The maximum Gasteiger partial charge on any atom is 0.261 e. The molecule has 1 spiro atoms. The third-order valence-electron chi connectivity index (χ3n) is 5.92. The topological polar surface area (TPSA) is 74.3 Å². The largest absolute Gasteiger partial charge is 0.483 e. The number of piperazine rings is 1. The fraction of sp³-hybridized carbons (Fsp3) is 0.381. The molecule has 8 heteroatoms. The van der Waals surface area contributed by atoms with Crippen LogP contribution >= 0.6 is 12.6 Å². The summed E-state index contributed by atoms with van der Waals surface area (Å²) in [7, 11) is 0. The predicted molar refractivity (Wildman–Crippen MR) is 114 cm³/mol. The van der Waals surface area contributed by atoms with E-state index in [1.165, 1.54) is 0 Å². The van der Waals surface area contributed by atoms with E-state index in [9.17, 15) is 4.79 Å². The zero-order chi connectivity index (χ0) is 20.0. The molecule has 1 amide bonds. The van der Waals surface area contributed by atoms with Crippen molar-refractivity contribution in [2.45, 2.75) is 30.2 Å². The molecule has 5 rings (SSSR count). The second-order valence-electron chi connectivity index (χ2n) is 7.87. The number of amides is 1. The highest BCUT2D eigenvalue weighted by Gasteiger charge is 2.53. The summed E-state index contributed by atoms with van der Waals surface area (Å²) >= 11 is 4.33. The second-order valence-corrected chi connectivity index (χ2v) is 8.38. The van der Waals surface area contributed by atoms with Crippen molar-refractivity contribution in [2.75, 3.05) is 31.1 Å². The Morgan fingerprint density at radius 1 is 1.28 bits per heavy atom. The van der Waals surface area contributed by atoms with Crippen molar-refractivity contribution >= 4 is 35.4 Å². The van der Waals surface area contributed by atoms with E-state index in [0.717, 1.165) is 59.0 Å². The lowest BCUT2D eigenvalue weighted by molar-refractivity contribution is -0.137. The molecule has 150 valence electrons. The third kappa shape index (κ3) is 3.31. The highest BCUT2D eigenvalue weighted by Crippen LogP contribution is 2.45. The van der Waals surface area contributed by atoms with Crippen LogP contribution in [0.2, 0.25) is 0 Å². The molecule has 1 aromatic carbocycles. The van der Waals surface area contributed by atoms with Crippen LogP contribution < -0.4 is 9.64 Å². The van der Waals surface area contributed by atoms with Gasteiger partial charge in [0.15, 0.2) is 6.61 Å². The zero-order valence-electron chi connectivity index (χ0n) is 16.3. The summed E-state index contributed by atoms with van der Waals surface area (Å²) in [6.45, 7) is 4.24. The molecular formula is C21H23N5O2S. The normalized spacial score (nSPS) is 17.7. The molecule has 1 saturated heterocycles. The third-order valence-corrected chi connectivity index (χ3v) is 6.20. The monoisotopic (exact) mass is 409 g/mol. The van der Waals surface area contributed by atoms with Gasteiger partial charge < -0.3 is 19.5 Å². The van der Waals surface area contributed by atoms with Crippen LogP contribution in [0, 0.1) is 6.92 Å². The molecular weight excluding hydrogens is 386 g/mol. The van der Waals surface area contributed by atoms with Gasteiger partial charge in [-0.05, 0) is 49.6 Å². The smallest absolute Gasteiger partial charge is 0.261 e. The number of rotatable bonds is 4. The van der Waals surface area contributed by atoms with Crippen LogP contribution in [-0.4, -0.2) is 57.5 Å². The number of H-pyrrole nitrogens is 1. The van der Waals surface area contributed by atoms with Crippen molar-refractivity contribution in [3.63, 3.8) is 0 Å². The summed E-state index contributed by atoms with van der Waals surface area (Å²) in [6.07, 6.45) is 5.51. The van der Waals surface area contributed by atoms with Crippen molar-refractivity contribution in [3.05, 3.63) is 42.4 Å². The maximum absolute atomic E-state index is 13.0. The van der Waals surface area contributed by atoms with Gasteiger partial charge in [-0.15, -0.1) is 12.6 Å². The average molecular weight is 410 g/mol. The average Bonchev–Trinajstić information content (AvgIpc) is 3.29. The fourth-order valence-electron chi connectivity index (χ4n) is 4.24. The van der Waals surface area contributed by atoms with Gasteiger partial charge in [-0.3, -0.25) is 4.79 Å². The number of carbonyl (C=O) groups is 1. The van der Waals surface area contributed by atoms with Gasteiger partial charge in [0.05, 0.1) is 10.9 Å². The number of hydrogen-bond donors (Lipinski definition) is 2. The molecule has 2 aliphatic rings. The lowest BCUT2D eigenvalue weighted by Gasteiger charge is -2.42. The van der Waals surface area contributed by atoms with Crippen LogP contribution in [0.15, 0.2) is 41.7 Å². The van der Waals surface area contributed by atoms with Crippen molar-refractivity contribution in [3.8, 4) is 5.75 Å². The molecule has 3 heterocycles. The first-order valence-electron chi connectivity index (χ1n) is 9.82. The Morgan fingerprint density at radius 2 is 2.14 bits per heavy atom. The van der Waals surface area contributed by atoms with Gasteiger partial charge in [0.25, 0.3) is 5.91 Å². The van der Waals surface area contributed by atoms with Crippen molar-refractivity contribution in [1.82, 2.24) is 19.9 Å². The number of anilines is 1. The number of fused-ring (bicyclic) bond motifs is 1. The molecule has 2 fully saturated rings. The molecule has 0 radical (unpaired) electrons. The Bertz CT molecular complexity index is 1080. The van der Waals surface area contributed by atoms with Gasteiger partial charge in [-0.1, -0.05) is 0 Å². The zero-order valence-corrected chi connectivity index (χ0v) is 17.2. The van der Waals surface area contributed by atoms with Crippen LogP contribution in [0.1, 0.15) is 18.4 Å². The van der Waals surface area contributed by atoms with Crippen LogP contribution in [0.25, 0.3) is 11.0 Å². The first kappa shape index (κ1) is 18.3. The highest BCUT2D eigenvalue weighted by atomic mass is 32.1. The molecule has 1 aliphatic carbocycles. The van der Waals surface area contributed by atoms with Crippen molar-refractivity contribution in [2.24, 2.45) is 0 Å². The van der Waals surface area contributed by atoms with E-state index in [4.69, 9.17) is 4.74 Å². The molecule has 0 unspecified atom stereocenters. The van der Waals surface area contributed by atoms with E-state index in [-0.39, 0.29) is 18.1 Å². The highest BCUT2D eigenvalue weighted by molar-refractivity contribution is 7.80. The number of benzene rings is 1. The first-order valence-corrected chi connectivity index (χ1v) is 10.3. The molecule has 1 aliphatic heterocycles. The number of aromatic nitrogens is 3. The summed E-state index contributed by atoms with van der Waals surface area (Å²) in [4.78, 5) is 30.1. The SMILES string of the molecule is Cc1cc(S)ccc1OCC(=O)N1CCN(c2ncnc3[nH]ccc23)CC12CC2. The van der Waals surface area contributed by atoms with Gasteiger partial charge in [-0.25, -0.2) is 9.97 Å². The summed E-state index contributed by atoms with van der Waals surface area (Å²) in [5.74, 6) is 1.72. The summed E-state index contributed by atoms with van der Waals surface area (Å²) in [5.41, 5.74) is 1.72. The predicted octanol–water partition coefficient (Wildman–Crippen LogP) is 2.82. The summed E-state index contributed by atoms with van der Waals surface area (Å²) in [6, 6.07) is 7.69. The number of nitrogens with zero attached hydrogens (tertiary/aromatic N) is 4. The van der Waals surface area contributed by atoms with Crippen molar-refractivity contribution in [1.29, 1.82) is 0 Å². The van der Waals surface area contributed by atoms with Crippen molar-refractivity contribution < 1.29 is 9.53 Å². The molecule has 7 nitrogen and oxygen atoms in total. The van der Waals surface area contributed by atoms with Gasteiger partial charge in [-0.2, -0.15) is 0 Å². The van der Waals surface area contributed by atoms with Gasteiger partial charge in [0.1, 0.15) is 23.5 Å². The standard InChI is InChI=1S/C21H23N5O2S/c1-14-10-15(29)2-3-17(14)28-11-18(27)26-9-8-25(12-21(26)5-6-21)20-16-4-7-22-19(16)23-13-24-20/h2-4,7,10,13,29H,5-6,8-9,11-12H2,1H3,(H,22,23,24). The number of thiol groups is 1. The molecule has 2 aromatic heterocycles. The maximum atomic E-state index is 13.0. The molecule has 3 aromatic rings. The van der Waals surface area contributed by atoms with E-state index in [1.807, 2.05) is 42.3 Å². The van der Waals surface area contributed by atoms with Gasteiger partial charge in [0, 0.05) is 30.7 Å². The van der Waals surface area contributed by atoms with Gasteiger partial charge in [0.2, 0.25) is 0 Å². The quantitative estimate of drug-likeness (QED) is 0.648. The minimum Gasteiger partial charge on any atom is -0.483 e. The van der Waals surface area contributed by atoms with E-state index in [1.54, 1.807) is 6.33 Å². The number of ether oxygens (including phenoxy) is 1. The lowest BCUT2D eigenvalue weighted by Crippen LogP contribution is -2.58. The number of aryl methyl sites for hydroxylation is 1. The fourth-order valence-corrected chi connectivity index (χ4v) is 4.51. The summed E-state index contributed by atoms with van der Waals surface area (Å²) < 4.78 is 5.82. The van der Waals surface area contributed by atoms with E-state index in [2.05, 4.69) is 32.5 Å². The first-order chi connectivity index (χ1) is 14.1. The Labute approximate surface area is 174 Å². The number of hydrogen-bond acceptors (Lipinski definition) is 6. The van der Waals surface area contributed by atoms with Gasteiger partial charge >= 0.3 is 0 Å². The Balaban J connectivity index is 1.28. The molecule has 0 bridgehead atoms. The summed E-state index contributed by atoms with van der Waals surface area (Å²) in [5, 5.41) is 1.02. The van der Waals surface area contributed by atoms with Crippen LogP contribution in [0.5, 0.6) is 5.75 Å². The van der Waals surface area contributed by atoms with Crippen LogP contribution in [0.3, 0.4) is 0 Å². The van der Waals surface area contributed by atoms with E-state index < -0.39 is 0 Å². The molecule has 1 N–H and O–H groups in total. The Morgan fingerprint density at radius 3 is 2.93 bits per heavy atom. The lowest BCUT2D eigenvalue weighted by atomic mass is 10.1. The minimum atomic E-state index is -0.101. The molecule has 29 heavy (non-hydrogen) atoms. The number of carbonyl (C=O) groups excluding carboxylic acids is 1. The second kappa shape index (κ2) is 6.95. The number of aromatic amines is 1. The minimum absolute atomic E-state index is 0.0472. The molecule has 0 atom stereocenters. The Kier molecular flexibility index (Phi) is 4.38. The van der Waals surface area contributed by atoms with E-state index >= 15 is 0 Å².